The molecule has 0 aliphatic heterocycles. The molecule has 0 fully saturated rings. The van der Waals surface area contributed by atoms with Crippen LogP contribution in [0.15, 0.2) is 29.4 Å². The van der Waals surface area contributed by atoms with Gasteiger partial charge in [0.25, 0.3) is 0 Å². The molecule has 1 aromatic rings. The van der Waals surface area contributed by atoms with Gasteiger partial charge in [0.1, 0.15) is 5.75 Å². The van der Waals surface area contributed by atoms with Crippen LogP contribution in [0.5, 0.6) is 5.75 Å². The Bertz CT molecular complexity index is 282. The van der Waals surface area contributed by atoms with Gasteiger partial charge in [-0.1, -0.05) is 22.5 Å². The van der Waals surface area contributed by atoms with Crippen LogP contribution in [-0.4, -0.2) is 0 Å². The van der Waals surface area contributed by atoms with Gasteiger partial charge in [0, 0.05) is 4.47 Å². The maximum atomic E-state index is 5.17. The van der Waals surface area contributed by atoms with Gasteiger partial charge in [-0.25, -0.2) is 0 Å². The lowest BCUT2D eigenvalue weighted by molar-refractivity contribution is 0.482. The smallest absolute Gasteiger partial charge is 0.127 e. The Hall–Kier alpha value is -0.760. The van der Waals surface area contributed by atoms with Crippen LogP contribution in [0.25, 0.3) is 0 Å². The van der Waals surface area contributed by atoms with Gasteiger partial charge in [-0.3, -0.25) is 0 Å². The number of benzene rings is 1. The average molecular weight is 227 g/mol. The molecule has 0 spiro atoms. The van der Waals surface area contributed by atoms with E-state index in [9.17, 15) is 0 Å². The van der Waals surface area contributed by atoms with Crippen molar-refractivity contribution in [3.63, 3.8) is 0 Å². The fraction of sp³-hybridized carbons (Fsp3) is 0.200. The number of halogens is 1. The van der Waals surface area contributed by atoms with Crippen LogP contribution in [0.1, 0.15) is 11.1 Å². The maximum Gasteiger partial charge on any atom is 0.127 e. The third-order valence-electron chi connectivity index (χ3n) is 1.63. The fourth-order valence-corrected chi connectivity index (χ4v) is 1.30. The van der Waals surface area contributed by atoms with Gasteiger partial charge in [-0.05, 0) is 37.1 Å². The van der Waals surface area contributed by atoms with Crippen molar-refractivity contribution in [1.29, 1.82) is 0 Å². The summed E-state index contributed by atoms with van der Waals surface area (Å²) in [6.07, 6.45) is 1.43. The molecule has 2 heteroatoms. The molecule has 0 heterocycles. The summed E-state index contributed by atoms with van der Waals surface area (Å²) in [5.74, 6) is 0.836. The molecule has 0 aliphatic carbocycles. The minimum absolute atomic E-state index is 0.836. The Labute approximate surface area is 81.2 Å². The molecule has 0 atom stereocenters. The van der Waals surface area contributed by atoms with Crippen molar-refractivity contribution in [1.82, 2.24) is 0 Å². The van der Waals surface area contributed by atoms with Gasteiger partial charge in [0.2, 0.25) is 0 Å². The van der Waals surface area contributed by atoms with Gasteiger partial charge < -0.3 is 4.74 Å². The third-order valence-corrected chi connectivity index (χ3v) is 2.88. The average Bonchev–Trinajstić information content (AvgIpc) is 2.01. The monoisotopic (exact) mass is 226 g/mol. The molecule has 1 nitrogen and oxygen atoms in total. The van der Waals surface area contributed by atoms with Gasteiger partial charge in [0.15, 0.2) is 0 Å². The van der Waals surface area contributed by atoms with Crippen molar-refractivity contribution < 1.29 is 4.74 Å². The molecule has 0 aromatic heterocycles. The predicted molar refractivity (Wildman–Crippen MR) is 54.4 cm³/mol. The first kappa shape index (κ1) is 9.33. The SMILES string of the molecule is C=COc1cc(C)c(Br)c(C)c1. The Kier molecular flexibility index (Phi) is 2.93. The molecule has 1 rings (SSSR count). The largest absolute Gasteiger partial charge is 0.466 e. The van der Waals surface area contributed by atoms with Crippen molar-refractivity contribution in [3.05, 3.63) is 40.6 Å². The first-order chi connectivity index (χ1) is 5.65. The van der Waals surface area contributed by atoms with E-state index in [-0.39, 0.29) is 0 Å². The minimum Gasteiger partial charge on any atom is -0.466 e. The highest BCUT2D eigenvalue weighted by atomic mass is 79.9. The molecule has 0 aliphatic rings. The summed E-state index contributed by atoms with van der Waals surface area (Å²) in [5.41, 5.74) is 2.35. The molecular formula is C10H11BrO. The molecule has 0 amide bonds. The second kappa shape index (κ2) is 3.76. The van der Waals surface area contributed by atoms with Crippen molar-refractivity contribution in [2.24, 2.45) is 0 Å². The lowest BCUT2D eigenvalue weighted by Crippen LogP contribution is -1.86. The van der Waals surface area contributed by atoms with Crippen molar-refractivity contribution >= 4 is 15.9 Å². The summed E-state index contributed by atoms with van der Waals surface area (Å²) in [6.45, 7) is 7.57. The quantitative estimate of drug-likeness (QED) is 0.701. The lowest BCUT2D eigenvalue weighted by atomic mass is 10.1. The standard InChI is InChI=1S/C10H11BrO/c1-4-12-9-5-7(2)10(11)8(3)6-9/h4-6H,1H2,2-3H3. The lowest BCUT2D eigenvalue weighted by Gasteiger charge is -2.06. The first-order valence-corrected chi connectivity index (χ1v) is 4.48. The Morgan fingerprint density at radius 1 is 1.33 bits per heavy atom. The number of hydrogen-bond acceptors (Lipinski definition) is 1. The molecule has 0 radical (unpaired) electrons. The minimum atomic E-state index is 0.836. The second-order valence-electron chi connectivity index (χ2n) is 2.66. The van der Waals surface area contributed by atoms with E-state index < -0.39 is 0 Å². The molecular weight excluding hydrogens is 216 g/mol. The van der Waals surface area contributed by atoms with E-state index in [1.54, 1.807) is 0 Å². The number of aryl methyl sites for hydroxylation is 2. The third kappa shape index (κ3) is 1.89. The second-order valence-corrected chi connectivity index (χ2v) is 3.45. The Morgan fingerprint density at radius 3 is 2.25 bits per heavy atom. The van der Waals surface area contributed by atoms with Gasteiger partial charge in [-0.15, -0.1) is 0 Å². The molecule has 0 unspecified atom stereocenters. The zero-order valence-corrected chi connectivity index (χ0v) is 8.81. The van der Waals surface area contributed by atoms with E-state index >= 15 is 0 Å². The van der Waals surface area contributed by atoms with E-state index in [4.69, 9.17) is 4.74 Å². The highest BCUT2D eigenvalue weighted by molar-refractivity contribution is 9.10. The van der Waals surface area contributed by atoms with E-state index in [2.05, 4.69) is 22.5 Å². The van der Waals surface area contributed by atoms with Crippen LogP contribution in [0.3, 0.4) is 0 Å². The van der Waals surface area contributed by atoms with Gasteiger partial charge in [-0.2, -0.15) is 0 Å². The summed E-state index contributed by atoms with van der Waals surface area (Å²) in [6, 6.07) is 3.94. The maximum absolute atomic E-state index is 5.17. The van der Waals surface area contributed by atoms with Crippen LogP contribution in [0.4, 0.5) is 0 Å². The van der Waals surface area contributed by atoms with Crippen molar-refractivity contribution in [2.75, 3.05) is 0 Å². The molecule has 0 N–H and O–H groups in total. The number of ether oxygens (including phenoxy) is 1. The zero-order chi connectivity index (χ0) is 9.14. The Balaban J connectivity index is 3.11. The fourth-order valence-electron chi connectivity index (χ4n) is 1.07. The summed E-state index contributed by atoms with van der Waals surface area (Å²) in [7, 11) is 0. The van der Waals surface area contributed by atoms with Crippen molar-refractivity contribution in [3.8, 4) is 5.75 Å². The van der Waals surface area contributed by atoms with Crippen LogP contribution in [0.2, 0.25) is 0 Å². The predicted octanol–water partition coefficient (Wildman–Crippen LogP) is 3.59. The molecule has 0 bridgehead atoms. The summed E-state index contributed by atoms with van der Waals surface area (Å²) in [4.78, 5) is 0. The van der Waals surface area contributed by atoms with Crippen LogP contribution in [0, 0.1) is 13.8 Å². The number of hydrogen-bond donors (Lipinski definition) is 0. The molecule has 64 valence electrons. The van der Waals surface area contributed by atoms with Crippen LogP contribution in [-0.2, 0) is 0 Å². The van der Waals surface area contributed by atoms with E-state index in [0.29, 0.717) is 0 Å². The molecule has 0 saturated heterocycles. The number of rotatable bonds is 2. The van der Waals surface area contributed by atoms with E-state index in [1.807, 2.05) is 26.0 Å². The zero-order valence-electron chi connectivity index (χ0n) is 7.23. The molecule has 0 saturated carbocycles. The van der Waals surface area contributed by atoms with E-state index in [0.717, 1.165) is 10.2 Å². The van der Waals surface area contributed by atoms with Gasteiger partial charge >= 0.3 is 0 Å². The highest BCUT2D eigenvalue weighted by Gasteiger charge is 2.01. The van der Waals surface area contributed by atoms with Crippen LogP contribution < -0.4 is 4.74 Å². The normalized spacial score (nSPS) is 9.58. The summed E-state index contributed by atoms with van der Waals surface area (Å²) < 4.78 is 6.30. The summed E-state index contributed by atoms with van der Waals surface area (Å²) in [5, 5.41) is 0. The Morgan fingerprint density at radius 2 is 1.83 bits per heavy atom. The molecule has 12 heavy (non-hydrogen) atoms. The summed E-state index contributed by atoms with van der Waals surface area (Å²) >= 11 is 3.48. The topological polar surface area (TPSA) is 9.23 Å². The van der Waals surface area contributed by atoms with Gasteiger partial charge in [0.05, 0.1) is 6.26 Å². The van der Waals surface area contributed by atoms with E-state index in [1.165, 1.54) is 17.4 Å². The first-order valence-electron chi connectivity index (χ1n) is 3.69. The molecule has 1 aromatic carbocycles. The highest BCUT2D eigenvalue weighted by Crippen LogP contribution is 2.26. The van der Waals surface area contributed by atoms with Crippen molar-refractivity contribution in [2.45, 2.75) is 13.8 Å². The van der Waals surface area contributed by atoms with Crippen LogP contribution >= 0.6 is 15.9 Å².